The number of hydrogen-bond acceptors (Lipinski definition) is 5. The average molecular weight is 372 g/mol. The first-order valence-corrected chi connectivity index (χ1v) is 9.22. The van der Waals surface area contributed by atoms with Crippen LogP contribution in [0.3, 0.4) is 0 Å². The van der Waals surface area contributed by atoms with Crippen LogP contribution in [0.25, 0.3) is 0 Å². The van der Waals surface area contributed by atoms with E-state index in [1.165, 1.54) is 0 Å². The number of nitrogens with one attached hydrogen (secondary N) is 2. The van der Waals surface area contributed by atoms with Gasteiger partial charge in [0.2, 0.25) is 5.91 Å². The maximum absolute atomic E-state index is 12.4. The fourth-order valence-electron chi connectivity index (χ4n) is 2.62. The van der Waals surface area contributed by atoms with Crippen molar-refractivity contribution < 1.29 is 19.4 Å². The first kappa shape index (κ1) is 18.3. The van der Waals surface area contributed by atoms with Crippen molar-refractivity contribution in [2.24, 2.45) is 0 Å². The highest BCUT2D eigenvalue weighted by Gasteiger charge is 2.16. The molecule has 0 fully saturated rings. The number of anilines is 1. The fraction of sp³-hybridized carbons (Fsp3) is 0.263. The molecule has 3 N–H and O–H groups in total. The summed E-state index contributed by atoms with van der Waals surface area (Å²) in [6.45, 7) is 0.0736. The average Bonchev–Trinajstić information content (AvgIpc) is 2.85. The van der Waals surface area contributed by atoms with Crippen LogP contribution in [0.5, 0.6) is 5.75 Å². The molecule has 1 atom stereocenters. The molecule has 2 amide bonds. The van der Waals surface area contributed by atoms with Gasteiger partial charge < -0.3 is 20.5 Å². The second-order valence-electron chi connectivity index (χ2n) is 5.86. The molecule has 0 saturated carbocycles. The molecule has 7 heteroatoms. The minimum absolute atomic E-state index is 0.0535. The largest absolute Gasteiger partial charge is 0.497 e. The van der Waals surface area contributed by atoms with Gasteiger partial charge in [-0.25, -0.2) is 0 Å². The van der Waals surface area contributed by atoms with E-state index in [1.54, 1.807) is 55.3 Å². The number of ether oxygens (including phenoxy) is 1. The number of carbonyl (C=O) groups excluding carboxylic acids is 2. The van der Waals surface area contributed by atoms with Crippen molar-refractivity contribution in [2.45, 2.75) is 17.4 Å². The molecule has 1 aliphatic rings. The zero-order valence-electron chi connectivity index (χ0n) is 14.3. The second kappa shape index (κ2) is 8.25. The van der Waals surface area contributed by atoms with E-state index in [-0.39, 0.29) is 18.4 Å². The Kier molecular flexibility index (Phi) is 5.80. The molecular weight excluding hydrogens is 352 g/mol. The van der Waals surface area contributed by atoms with Crippen molar-refractivity contribution in [3.8, 4) is 5.75 Å². The number of thioether (sulfide) groups is 1. The van der Waals surface area contributed by atoms with E-state index >= 15 is 0 Å². The molecule has 1 aliphatic heterocycles. The number of aliphatic hydroxyl groups is 1. The Bertz CT molecular complexity index is 825. The van der Waals surface area contributed by atoms with Gasteiger partial charge in [0, 0.05) is 29.2 Å². The molecule has 6 nitrogen and oxygen atoms in total. The molecular formula is C19H20N2O4S. The maximum atomic E-state index is 12.4. The first-order valence-electron chi connectivity index (χ1n) is 8.24. The Morgan fingerprint density at radius 1 is 1.35 bits per heavy atom. The van der Waals surface area contributed by atoms with Gasteiger partial charge >= 0.3 is 0 Å². The summed E-state index contributed by atoms with van der Waals surface area (Å²) < 4.78 is 5.14. The molecule has 2 aromatic carbocycles. The van der Waals surface area contributed by atoms with Crippen LogP contribution in [0, 0.1) is 0 Å². The van der Waals surface area contributed by atoms with E-state index in [4.69, 9.17) is 4.74 Å². The van der Waals surface area contributed by atoms with Crippen LogP contribution in [0.15, 0.2) is 47.4 Å². The molecule has 0 aliphatic carbocycles. The number of fused-ring (bicyclic) bond motifs is 1. The molecule has 0 bridgehead atoms. The zero-order valence-corrected chi connectivity index (χ0v) is 15.1. The summed E-state index contributed by atoms with van der Waals surface area (Å²) in [6, 6.07) is 12.3. The van der Waals surface area contributed by atoms with Gasteiger partial charge in [-0.2, -0.15) is 0 Å². The highest BCUT2D eigenvalue weighted by molar-refractivity contribution is 7.99. The summed E-state index contributed by atoms with van der Waals surface area (Å²) in [5, 5.41) is 15.8. The predicted octanol–water partition coefficient (Wildman–Crippen LogP) is 2.59. The Balaban J connectivity index is 1.65. The summed E-state index contributed by atoms with van der Waals surface area (Å²) in [5.41, 5.74) is 1.75. The predicted molar refractivity (Wildman–Crippen MR) is 101 cm³/mol. The summed E-state index contributed by atoms with van der Waals surface area (Å²) in [6.07, 6.45) is -0.390. The fourth-order valence-corrected chi connectivity index (χ4v) is 3.56. The van der Waals surface area contributed by atoms with Gasteiger partial charge in [-0.05, 0) is 35.9 Å². The number of aliphatic hydroxyl groups excluding tert-OH is 1. The van der Waals surface area contributed by atoms with Crippen molar-refractivity contribution >= 4 is 29.3 Å². The number of carbonyl (C=O) groups is 2. The van der Waals surface area contributed by atoms with Crippen molar-refractivity contribution in [3.63, 3.8) is 0 Å². The van der Waals surface area contributed by atoms with Crippen molar-refractivity contribution in [1.82, 2.24) is 5.32 Å². The standard InChI is InChI=1S/C19H20N2O4S/c1-25-14-4-2-3-12(9-14)16(22)11-20-19(24)13-5-6-17-15(10-13)21-18(23)7-8-26-17/h2-6,9-10,16,22H,7-8,11H2,1H3,(H,20,24)(H,21,23). The maximum Gasteiger partial charge on any atom is 0.251 e. The minimum atomic E-state index is -0.842. The van der Waals surface area contributed by atoms with Crippen LogP contribution in [0.2, 0.25) is 0 Å². The van der Waals surface area contributed by atoms with Crippen LogP contribution in [-0.2, 0) is 4.79 Å². The first-order chi connectivity index (χ1) is 12.6. The molecule has 26 heavy (non-hydrogen) atoms. The van der Waals surface area contributed by atoms with Gasteiger partial charge in [0.05, 0.1) is 18.9 Å². The van der Waals surface area contributed by atoms with Crippen molar-refractivity contribution in [1.29, 1.82) is 0 Å². The van der Waals surface area contributed by atoms with E-state index < -0.39 is 6.10 Å². The minimum Gasteiger partial charge on any atom is -0.497 e. The van der Waals surface area contributed by atoms with Crippen molar-refractivity contribution in [3.05, 3.63) is 53.6 Å². The van der Waals surface area contributed by atoms with E-state index in [9.17, 15) is 14.7 Å². The Labute approximate surface area is 155 Å². The molecule has 1 heterocycles. The monoisotopic (exact) mass is 372 g/mol. The van der Waals surface area contributed by atoms with Crippen LogP contribution < -0.4 is 15.4 Å². The second-order valence-corrected chi connectivity index (χ2v) is 7.00. The third kappa shape index (κ3) is 4.36. The molecule has 0 aromatic heterocycles. The summed E-state index contributed by atoms with van der Waals surface area (Å²) in [4.78, 5) is 25.0. The molecule has 1 unspecified atom stereocenters. The van der Waals surface area contributed by atoms with Gasteiger partial charge in [0.1, 0.15) is 5.75 Å². The van der Waals surface area contributed by atoms with Crippen LogP contribution in [0.1, 0.15) is 28.4 Å². The van der Waals surface area contributed by atoms with E-state index in [0.29, 0.717) is 29.0 Å². The number of benzene rings is 2. The normalized spacial score (nSPS) is 14.6. The topological polar surface area (TPSA) is 87.7 Å². The molecule has 3 rings (SSSR count). The number of rotatable bonds is 5. The molecule has 2 aromatic rings. The van der Waals surface area contributed by atoms with Gasteiger partial charge in [0.25, 0.3) is 5.91 Å². The van der Waals surface area contributed by atoms with Gasteiger partial charge in [-0.1, -0.05) is 12.1 Å². The quantitative estimate of drug-likeness (QED) is 0.751. The number of hydrogen-bond donors (Lipinski definition) is 3. The Hall–Kier alpha value is -2.51. The third-order valence-electron chi connectivity index (χ3n) is 4.04. The SMILES string of the molecule is COc1cccc(C(O)CNC(=O)c2ccc3c(c2)NC(=O)CCS3)c1. The molecule has 0 saturated heterocycles. The number of amides is 2. The van der Waals surface area contributed by atoms with Crippen LogP contribution >= 0.6 is 11.8 Å². The zero-order chi connectivity index (χ0) is 18.5. The Morgan fingerprint density at radius 2 is 2.19 bits per heavy atom. The van der Waals surface area contributed by atoms with Gasteiger partial charge in [-0.15, -0.1) is 11.8 Å². The highest BCUT2D eigenvalue weighted by Crippen LogP contribution is 2.31. The number of methoxy groups -OCH3 is 1. The van der Waals surface area contributed by atoms with E-state index in [0.717, 1.165) is 10.6 Å². The molecule has 0 spiro atoms. The summed E-state index contributed by atoms with van der Waals surface area (Å²) in [5.74, 6) is 1.00. The van der Waals surface area contributed by atoms with Gasteiger partial charge in [0.15, 0.2) is 0 Å². The Morgan fingerprint density at radius 3 is 3.00 bits per heavy atom. The molecule has 0 radical (unpaired) electrons. The third-order valence-corrected chi connectivity index (χ3v) is 5.11. The van der Waals surface area contributed by atoms with Crippen LogP contribution in [0.4, 0.5) is 5.69 Å². The van der Waals surface area contributed by atoms with Gasteiger partial charge in [-0.3, -0.25) is 9.59 Å². The van der Waals surface area contributed by atoms with E-state index in [2.05, 4.69) is 10.6 Å². The molecule has 136 valence electrons. The lowest BCUT2D eigenvalue weighted by Crippen LogP contribution is -2.28. The lowest BCUT2D eigenvalue weighted by atomic mass is 10.1. The van der Waals surface area contributed by atoms with Crippen molar-refractivity contribution in [2.75, 3.05) is 24.7 Å². The highest BCUT2D eigenvalue weighted by atomic mass is 32.2. The van der Waals surface area contributed by atoms with E-state index in [1.807, 2.05) is 6.07 Å². The van der Waals surface area contributed by atoms with Crippen LogP contribution in [-0.4, -0.2) is 36.3 Å². The smallest absolute Gasteiger partial charge is 0.251 e. The lowest BCUT2D eigenvalue weighted by Gasteiger charge is -2.14. The lowest BCUT2D eigenvalue weighted by molar-refractivity contribution is -0.115. The summed E-state index contributed by atoms with van der Waals surface area (Å²) in [7, 11) is 1.56. The summed E-state index contributed by atoms with van der Waals surface area (Å²) >= 11 is 1.59.